The molecular formula is C17H25NO3Si. The Morgan fingerprint density at radius 1 is 1.09 bits per heavy atom. The minimum Gasteiger partial charge on any atom is -0.539 e. The van der Waals surface area contributed by atoms with E-state index in [4.69, 9.17) is 19.2 Å². The summed E-state index contributed by atoms with van der Waals surface area (Å²) in [5.41, 5.74) is 0.831. The summed E-state index contributed by atoms with van der Waals surface area (Å²) in [5.74, 6) is 1.86. The van der Waals surface area contributed by atoms with Gasteiger partial charge in [0.2, 0.25) is 0 Å². The van der Waals surface area contributed by atoms with Crippen LogP contribution in [-0.2, 0) is 0 Å². The summed E-state index contributed by atoms with van der Waals surface area (Å²) in [4.78, 5) is 0. The smallest absolute Gasteiger partial charge is 0.250 e. The second kappa shape index (κ2) is 6.88. The van der Waals surface area contributed by atoms with Crippen molar-refractivity contribution in [2.45, 2.75) is 38.9 Å². The zero-order valence-corrected chi connectivity index (χ0v) is 15.5. The van der Waals surface area contributed by atoms with Gasteiger partial charge in [0.1, 0.15) is 0 Å². The normalized spacial score (nSPS) is 12.1. The quantitative estimate of drug-likeness (QED) is 0.587. The van der Waals surface area contributed by atoms with Crippen molar-refractivity contribution in [3.05, 3.63) is 23.8 Å². The van der Waals surface area contributed by atoms with Crippen LogP contribution >= 0.6 is 0 Å². The predicted molar refractivity (Wildman–Crippen MR) is 92.0 cm³/mol. The molecule has 0 bridgehead atoms. The van der Waals surface area contributed by atoms with Gasteiger partial charge in [0, 0.05) is 6.08 Å². The summed E-state index contributed by atoms with van der Waals surface area (Å²) >= 11 is 0. The van der Waals surface area contributed by atoms with Crippen LogP contribution in [0.15, 0.2) is 18.2 Å². The highest BCUT2D eigenvalue weighted by Gasteiger charge is 2.40. The highest BCUT2D eigenvalue weighted by molar-refractivity contribution is 6.74. The van der Waals surface area contributed by atoms with E-state index in [0.717, 1.165) is 5.56 Å². The second-order valence-corrected chi connectivity index (χ2v) is 11.3. The Balaban J connectivity index is 3.35. The highest BCUT2D eigenvalue weighted by atomic mass is 28.4. The predicted octanol–water partition coefficient (Wildman–Crippen LogP) is 4.62. The van der Waals surface area contributed by atoms with Crippen molar-refractivity contribution < 1.29 is 13.9 Å². The number of nitriles is 1. The molecule has 0 spiro atoms. The van der Waals surface area contributed by atoms with Crippen molar-refractivity contribution in [3.63, 3.8) is 0 Å². The molecule has 5 heteroatoms. The van der Waals surface area contributed by atoms with Crippen molar-refractivity contribution in [2.75, 3.05) is 14.2 Å². The van der Waals surface area contributed by atoms with Gasteiger partial charge in [-0.25, -0.2) is 0 Å². The van der Waals surface area contributed by atoms with Crippen molar-refractivity contribution in [1.29, 1.82) is 5.26 Å². The topological polar surface area (TPSA) is 51.5 Å². The average Bonchev–Trinajstić information content (AvgIpc) is 2.44. The maximum atomic E-state index is 8.66. The van der Waals surface area contributed by atoms with Crippen molar-refractivity contribution in [1.82, 2.24) is 0 Å². The largest absolute Gasteiger partial charge is 0.539 e. The zero-order chi connectivity index (χ0) is 17.0. The number of nitrogens with zero attached hydrogens (tertiary/aromatic N) is 1. The molecule has 0 radical (unpaired) electrons. The molecule has 0 heterocycles. The summed E-state index contributed by atoms with van der Waals surface area (Å²) in [6.07, 6.45) is 3.13. The first-order chi connectivity index (χ1) is 10.2. The lowest BCUT2D eigenvalue weighted by atomic mass is 10.1. The van der Waals surface area contributed by atoms with Gasteiger partial charge in [-0.2, -0.15) is 5.26 Å². The van der Waals surface area contributed by atoms with Crippen LogP contribution in [-0.4, -0.2) is 22.5 Å². The second-order valence-electron chi connectivity index (χ2n) is 6.58. The average molecular weight is 319 g/mol. The summed E-state index contributed by atoms with van der Waals surface area (Å²) in [6, 6.07) is 5.67. The Labute approximate surface area is 134 Å². The van der Waals surface area contributed by atoms with E-state index in [1.165, 1.54) is 6.08 Å². The lowest BCUT2D eigenvalue weighted by Gasteiger charge is -2.37. The van der Waals surface area contributed by atoms with Gasteiger partial charge < -0.3 is 13.9 Å². The van der Waals surface area contributed by atoms with Gasteiger partial charge >= 0.3 is 0 Å². The third-order valence-corrected chi connectivity index (χ3v) is 8.32. The van der Waals surface area contributed by atoms with Crippen LogP contribution in [0.3, 0.4) is 0 Å². The molecule has 0 atom stereocenters. The highest BCUT2D eigenvalue weighted by Crippen LogP contribution is 2.45. The Hall–Kier alpha value is -1.93. The minimum atomic E-state index is -2.01. The molecule has 0 aliphatic heterocycles. The summed E-state index contributed by atoms with van der Waals surface area (Å²) in [7, 11) is 1.19. The molecule has 0 amide bonds. The molecule has 0 saturated heterocycles. The number of ether oxygens (including phenoxy) is 2. The van der Waals surface area contributed by atoms with Gasteiger partial charge in [-0.3, -0.25) is 0 Å². The summed E-state index contributed by atoms with van der Waals surface area (Å²) < 4.78 is 17.3. The lowest BCUT2D eigenvalue weighted by Crippen LogP contribution is -2.44. The maximum Gasteiger partial charge on any atom is 0.250 e. The molecule has 1 aromatic rings. The molecule has 0 unspecified atom stereocenters. The first-order valence-electron chi connectivity index (χ1n) is 7.17. The molecule has 0 aromatic heterocycles. The molecular weight excluding hydrogens is 294 g/mol. The summed E-state index contributed by atoms with van der Waals surface area (Å²) in [5, 5.41) is 8.73. The van der Waals surface area contributed by atoms with Crippen LogP contribution in [0.5, 0.6) is 17.2 Å². The van der Waals surface area contributed by atoms with Crippen LogP contribution in [0.2, 0.25) is 18.1 Å². The van der Waals surface area contributed by atoms with Crippen molar-refractivity contribution in [3.8, 4) is 23.3 Å². The number of benzene rings is 1. The van der Waals surface area contributed by atoms with Gasteiger partial charge in [-0.1, -0.05) is 20.8 Å². The third-order valence-electron chi connectivity index (χ3n) is 4.00. The molecule has 1 rings (SSSR count). The number of methoxy groups -OCH3 is 2. The van der Waals surface area contributed by atoms with Crippen LogP contribution in [0.25, 0.3) is 6.08 Å². The fourth-order valence-corrected chi connectivity index (χ4v) is 2.66. The Morgan fingerprint density at radius 2 is 1.59 bits per heavy atom. The van der Waals surface area contributed by atoms with Gasteiger partial charge in [0.15, 0.2) is 17.2 Å². The SMILES string of the molecule is COc1cc(C=CC#N)cc(OC)c1O[Si](C)(C)C(C)(C)C. The molecule has 0 saturated carbocycles. The van der Waals surface area contributed by atoms with E-state index in [-0.39, 0.29) is 5.04 Å². The number of rotatable bonds is 5. The van der Waals surface area contributed by atoms with E-state index in [1.807, 2.05) is 18.2 Å². The van der Waals surface area contributed by atoms with E-state index in [2.05, 4.69) is 33.9 Å². The van der Waals surface area contributed by atoms with Gasteiger partial charge in [-0.05, 0) is 41.9 Å². The molecule has 120 valence electrons. The van der Waals surface area contributed by atoms with Gasteiger partial charge in [0.25, 0.3) is 8.32 Å². The number of hydrogen-bond donors (Lipinski definition) is 0. The van der Waals surface area contributed by atoms with Crippen molar-refractivity contribution in [2.24, 2.45) is 0 Å². The standard InChI is InChI=1S/C17H25NO3Si/c1-17(2,3)22(6,7)21-16-14(19-4)11-13(9-8-10-18)12-15(16)20-5/h8-9,11-12H,1-7H3. The molecule has 22 heavy (non-hydrogen) atoms. The van der Waals surface area contributed by atoms with Crippen LogP contribution in [0.4, 0.5) is 0 Å². The Morgan fingerprint density at radius 3 is 1.95 bits per heavy atom. The van der Waals surface area contributed by atoms with Crippen LogP contribution in [0.1, 0.15) is 26.3 Å². The fourth-order valence-electron chi connectivity index (χ4n) is 1.64. The minimum absolute atomic E-state index is 0.0718. The number of allylic oxidation sites excluding steroid dienone is 1. The third kappa shape index (κ3) is 4.05. The van der Waals surface area contributed by atoms with Gasteiger partial charge in [0.05, 0.1) is 20.3 Å². The number of hydrogen-bond acceptors (Lipinski definition) is 4. The molecule has 0 fully saturated rings. The summed E-state index contributed by atoms with van der Waals surface area (Å²) in [6.45, 7) is 10.9. The molecule has 1 aromatic carbocycles. The van der Waals surface area contributed by atoms with Crippen LogP contribution in [0, 0.1) is 11.3 Å². The van der Waals surface area contributed by atoms with E-state index in [9.17, 15) is 0 Å². The first-order valence-corrected chi connectivity index (χ1v) is 10.1. The van der Waals surface area contributed by atoms with Gasteiger partial charge in [-0.15, -0.1) is 0 Å². The fraction of sp³-hybridized carbons (Fsp3) is 0.471. The molecule has 0 aliphatic rings. The van der Waals surface area contributed by atoms with E-state index < -0.39 is 8.32 Å². The van der Waals surface area contributed by atoms with E-state index in [0.29, 0.717) is 17.2 Å². The molecule has 0 aliphatic carbocycles. The van der Waals surface area contributed by atoms with E-state index in [1.54, 1.807) is 20.3 Å². The first kappa shape index (κ1) is 18.1. The lowest BCUT2D eigenvalue weighted by molar-refractivity contribution is 0.354. The van der Waals surface area contributed by atoms with Crippen molar-refractivity contribution >= 4 is 14.4 Å². The molecule has 0 N–H and O–H groups in total. The maximum absolute atomic E-state index is 8.66. The monoisotopic (exact) mass is 319 g/mol. The Bertz CT molecular complexity index is 570. The van der Waals surface area contributed by atoms with E-state index >= 15 is 0 Å². The van der Waals surface area contributed by atoms with Crippen LogP contribution < -0.4 is 13.9 Å². The Kier molecular flexibility index (Phi) is 5.67. The zero-order valence-electron chi connectivity index (χ0n) is 14.5. The molecule has 4 nitrogen and oxygen atoms in total.